The number of hydrogen-bond donors (Lipinski definition) is 1. The molecule has 0 spiro atoms. The summed E-state index contributed by atoms with van der Waals surface area (Å²) >= 11 is 5.06. The minimum atomic E-state index is -0.538. The van der Waals surface area contributed by atoms with Gasteiger partial charge in [0.2, 0.25) is 0 Å². The first kappa shape index (κ1) is 21.3. The molecule has 1 aliphatic heterocycles. The van der Waals surface area contributed by atoms with Gasteiger partial charge in [0, 0.05) is 6.54 Å². The van der Waals surface area contributed by atoms with E-state index in [1.165, 1.54) is 23.6 Å². The lowest BCUT2D eigenvalue weighted by Crippen LogP contribution is -2.53. The second-order valence-electron chi connectivity index (χ2n) is 6.71. The third-order valence-electron chi connectivity index (χ3n) is 4.51. The Morgan fingerprint density at radius 2 is 1.87 bits per heavy atom. The highest BCUT2D eigenvalue weighted by molar-refractivity contribution is 7.80. The predicted molar refractivity (Wildman–Crippen MR) is 119 cm³/mol. The van der Waals surface area contributed by atoms with Crippen molar-refractivity contribution in [2.75, 3.05) is 13.7 Å². The number of carbonyl (C=O) groups excluding carboxylic acids is 2. The van der Waals surface area contributed by atoms with Crippen LogP contribution in [0.2, 0.25) is 0 Å². The number of nitrogens with one attached hydrogen (secondary N) is 1. The first-order valence-corrected chi connectivity index (χ1v) is 9.70. The molecule has 0 unspecified atom stereocenters. The van der Waals surface area contributed by atoms with Gasteiger partial charge in [-0.1, -0.05) is 42.0 Å². The van der Waals surface area contributed by atoms with Crippen LogP contribution in [0.5, 0.6) is 11.5 Å². The second kappa shape index (κ2) is 9.37. The van der Waals surface area contributed by atoms with E-state index in [-0.39, 0.29) is 17.2 Å². The molecule has 1 aliphatic rings. The Bertz CT molecular complexity index is 1030. The molecular weight excluding hydrogens is 400 g/mol. The minimum Gasteiger partial charge on any atom is -0.493 e. The average Bonchev–Trinajstić information content (AvgIpc) is 2.74. The highest BCUT2D eigenvalue weighted by Crippen LogP contribution is 2.30. The number of ether oxygens (including phenoxy) is 2. The zero-order valence-electron chi connectivity index (χ0n) is 16.8. The molecule has 0 aromatic heterocycles. The molecule has 2 aromatic rings. The molecule has 2 aromatic carbocycles. The van der Waals surface area contributed by atoms with Crippen LogP contribution in [0.3, 0.4) is 0 Å². The molecule has 6 nitrogen and oxygen atoms in total. The molecule has 0 bridgehead atoms. The van der Waals surface area contributed by atoms with E-state index in [1.807, 2.05) is 31.2 Å². The molecule has 1 N–H and O–H groups in total. The van der Waals surface area contributed by atoms with E-state index in [0.717, 1.165) is 5.56 Å². The van der Waals surface area contributed by atoms with Crippen LogP contribution in [0, 0.1) is 6.92 Å². The topological polar surface area (TPSA) is 67.9 Å². The summed E-state index contributed by atoms with van der Waals surface area (Å²) in [7, 11) is 1.54. The maximum absolute atomic E-state index is 12.7. The van der Waals surface area contributed by atoms with Gasteiger partial charge in [-0.15, -0.1) is 6.58 Å². The lowest BCUT2D eigenvalue weighted by atomic mass is 10.1. The minimum absolute atomic E-state index is 0.0131. The molecule has 1 heterocycles. The van der Waals surface area contributed by atoms with E-state index >= 15 is 0 Å². The van der Waals surface area contributed by atoms with Gasteiger partial charge >= 0.3 is 0 Å². The number of nitrogens with zero attached hydrogens (tertiary/aromatic N) is 1. The smallest absolute Gasteiger partial charge is 0.265 e. The van der Waals surface area contributed by atoms with Gasteiger partial charge in [0.15, 0.2) is 16.6 Å². The van der Waals surface area contributed by atoms with E-state index in [2.05, 4.69) is 11.9 Å². The van der Waals surface area contributed by atoms with Crippen LogP contribution in [0.1, 0.15) is 16.7 Å². The molecule has 7 heteroatoms. The van der Waals surface area contributed by atoms with Crippen molar-refractivity contribution in [3.8, 4) is 11.5 Å². The summed E-state index contributed by atoms with van der Waals surface area (Å²) in [5.74, 6) is 0.0546. The van der Waals surface area contributed by atoms with Crippen molar-refractivity contribution in [3.05, 3.63) is 77.4 Å². The van der Waals surface area contributed by atoms with Crippen LogP contribution in [-0.4, -0.2) is 35.5 Å². The Labute approximate surface area is 180 Å². The molecular formula is C23H22N2O4S. The molecule has 0 aliphatic carbocycles. The molecule has 0 atom stereocenters. The molecule has 3 rings (SSSR count). The van der Waals surface area contributed by atoms with Crippen molar-refractivity contribution in [2.45, 2.75) is 13.5 Å². The quantitative estimate of drug-likeness (QED) is 0.321. The van der Waals surface area contributed by atoms with Crippen molar-refractivity contribution < 1.29 is 19.1 Å². The van der Waals surface area contributed by atoms with Gasteiger partial charge in [0.1, 0.15) is 12.2 Å². The summed E-state index contributed by atoms with van der Waals surface area (Å²) in [6.45, 7) is 6.25. The number of methoxy groups -OCH3 is 1. The number of amides is 2. The lowest BCUT2D eigenvalue weighted by molar-refractivity contribution is -0.128. The fourth-order valence-electron chi connectivity index (χ4n) is 2.89. The molecule has 0 saturated carbocycles. The zero-order valence-corrected chi connectivity index (χ0v) is 17.6. The summed E-state index contributed by atoms with van der Waals surface area (Å²) in [6.07, 6.45) is 3.05. The van der Waals surface area contributed by atoms with Crippen LogP contribution in [0.15, 0.2) is 60.7 Å². The van der Waals surface area contributed by atoms with Crippen LogP contribution in [-0.2, 0) is 16.2 Å². The van der Waals surface area contributed by atoms with Gasteiger partial charge in [-0.25, -0.2) is 0 Å². The monoisotopic (exact) mass is 422 g/mol. The Hall–Kier alpha value is -3.45. The Morgan fingerprint density at radius 3 is 2.53 bits per heavy atom. The van der Waals surface area contributed by atoms with Gasteiger partial charge in [-0.3, -0.25) is 19.8 Å². The Morgan fingerprint density at radius 1 is 1.13 bits per heavy atom. The van der Waals surface area contributed by atoms with Crippen molar-refractivity contribution in [2.24, 2.45) is 0 Å². The van der Waals surface area contributed by atoms with Crippen LogP contribution in [0.4, 0.5) is 0 Å². The molecule has 0 radical (unpaired) electrons. The van der Waals surface area contributed by atoms with Gasteiger partial charge in [-0.05, 0) is 48.5 Å². The molecule has 154 valence electrons. The first-order chi connectivity index (χ1) is 14.4. The number of hydrogen-bond acceptors (Lipinski definition) is 5. The average molecular weight is 423 g/mol. The molecule has 1 saturated heterocycles. The van der Waals surface area contributed by atoms with Crippen molar-refractivity contribution in [1.82, 2.24) is 10.2 Å². The van der Waals surface area contributed by atoms with E-state index in [0.29, 0.717) is 23.7 Å². The Kier molecular flexibility index (Phi) is 6.64. The number of thiocarbonyl (C=S) groups is 1. The summed E-state index contributed by atoms with van der Waals surface area (Å²) in [6, 6.07) is 13.3. The maximum Gasteiger partial charge on any atom is 0.265 e. The highest BCUT2D eigenvalue weighted by atomic mass is 32.1. The third-order valence-corrected chi connectivity index (χ3v) is 4.83. The third kappa shape index (κ3) is 4.75. The van der Waals surface area contributed by atoms with E-state index in [4.69, 9.17) is 21.7 Å². The van der Waals surface area contributed by atoms with E-state index in [1.54, 1.807) is 24.3 Å². The number of benzene rings is 2. The van der Waals surface area contributed by atoms with Crippen LogP contribution >= 0.6 is 12.2 Å². The van der Waals surface area contributed by atoms with E-state index in [9.17, 15) is 9.59 Å². The second-order valence-corrected chi connectivity index (χ2v) is 7.09. The van der Waals surface area contributed by atoms with Crippen molar-refractivity contribution >= 4 is 35.2 Å². The first-order valence-electron chi connectivity index (χ1n) is 9.29. The lowest BCUT2D eigenvalue weighted by Gasteiger charge is -2.27. The normalized spacial score (nSPS) is 15.2. The van der Waals surface area contributed by atoms with Crippen LogP contribution < -0.4 is 14.8 Å². The van der Waals surface area contributed by atoms with Crippen molar-refractivity contribution in [3.63, 3.8) is 0 Å². The predicted octanol–water partition coefficient (Wildman–Crippen LogP) is 3.40. The highest BCUT2D eigenvalue weighted by Gasteiger charge is 2.32. The summed E-state index contributed by atoms with van der Waals surface area (Å²) in [5, 5.41) is 2.59. The van der Waals surface area contributed by atoms with Crippen LogP contribution in [0.25, 0.3) is 6.08 Å². The molecule has 2 amide bonds. The SMILES string of the molecule is C=CCN1C(=O)/C(=C/c2ccc(OCc3ccc(C)cc3)c(OC)c2)C(=O)NC1=S. The zero-order chi connectivity index (χ0) is 21.7. The summed E-state index contributed by atoms with van der Waals surface area (Å²) in [5.41, 5.74) is 2.83. The van der Waals surface area contributed by atoms with Gasteiger partial charge in [0.05, 0.1) is 7.11 Å². The number of aryl methyl sites for hydroxylation is 1. The fourth-order valence-corrected chi connectivity index (χ4v) is 3.14. The largest absolute Gasteiger partial charge is 0.493 e. The Balaban J connectivity index is 1.82. The summed E-state index contributed by atoms with van der Waals surface area (Å²) < 4.78 is 11.3. The van der Waals surface area contributed by atoms with Gasteiger partial charge < -0.3 is 9.47 Å². The van der Waals surface area contributed by atoms with Gasteiger partial charge in [-0.2, -0.15) is 0 Å². The fraction of sp³-hybridized carbons (Fsp3) is 0.174. The maximum atomic E-state index is 12.7. The summed E-state index contributed by atoms with van der Waals surface area (Å²) in [4.78, 5) is 26.2. The standard InChI is InChI=1S/C23H22N2O4S/c1-4-11-25-22(27)18(21(26)24-23(25)30)12-17-9-10-19(20(13-17)28-3)29-14-16-7-5-15(2)6-8-16/h4-10,12-13H,1,11,14H2,2-3H3,(H,24,26,30)/b18-12+. The number of carbonyl (C=O) groups is 2. The molecule has 1 fully saturated rings. The van der Waals surface area contributed by atoms with E-state index < -0.39 is 11.8 Å². The number of rotatable bonds is 7. The van der Waals surface area contributed by atoms with Crippen molar-refractivity contribution in [1.29, 1.82) is 0 Å². The molecule has 30 heavy (non-hydrogen) atoms. The van der Waals surface area contributed by atoms with Gasteiger partial charge in [0.25, 0.3) is 11.8 Å².